The van der Waals surface area contributed by atoms with Gasteiger partial charge in [-0.1, -0.05) is 13.8 Å². The van der Waals surface area contributed by atoms with E-state index in [0.717, 1.165) is 5.69 Å². The van der Waals surface area contributed by atoms with Crippen molar-refractivity contribution in [2.24, 2.45) is 18.2 Å². The van der Waals surface area contributed by atoms with E-state index in [1.807, 2.05) is 40.1 Å². The lowest BCUT2D eigenvalue weighted by Crippen LogP contribution is -2.75. The van der Waals surface area contributed by atoms with Crippen molar-refractivity contribution >= 4 is 5.91 Å². The molecule has 0 radical (unpaired) electrons. The maximum Gasteiger partial charge on any atom is 0.240 e. The van der Waals surface area contributed by atoms with Crippen molar-refractivity contribution in [3.05, 3.63) is 18.0 Å². The molecule has 1 aliphatic carbocycles. The molecule has 1 saturated carbocycles. The van der Waals surface area contributed by atoms with E-state index in [1.54, 1.807) is 4.68 Å². The van der Waals surface area contributed by atoms with Crippen LogP contribution < -0.4 is 11.1 Å². The summed E-state index contributed by atoms with van der Waals surface area (Å²) < 4.78 is 7.40. The average molecular weight is 294 g/mol. The molecular formula is C15H26N4O2. The lowest BCUT2D eigenvalue weighted by Gasteiger charge is -2.57. The predicted octanol–water partition coefficient (Wildman–Crippen LogP) is 0.611. The van der Waals surface area contributed by atoms with E-state index in [9.17, 15) is 4.79 Å². The topological polar surface area (TPSA) is 82.2 Å². The van der Waals surface area contributed by atoms with Crippen LogP contribution in [0.4, 0.5) is 0 Å². The van der Waals surface area contributed by atoms with Crippen LogP contribution in [0.2, 0.25) is 0 Å². The Hall–Kier alpha value is -1.40. The highest BCUT2D eigenvalue weighted by Gasteiger charge is 2.62. The van der Waals surface area contributed by atoms with E-state index < -0.39 is 5.54 Å². The first-order chi connectivity index (χ1) is 9.81. The largest absolute Gasteiger partial charge is 0.378 e. The first kappa shape index (κ1) is 16.0. The molecule has 0 spiro atoms. The van der Waals surface area contributed by atoms with Gasteiger partial charge in [-0.2, -0.15) is 5.10 Å². The molecule has 21 heavy (non-hydrogen) atoms. The smallest absolute Gasteiger partial charge is 0.240 e. The number of amides is 1. The van der Waals surface area contributed by atoms with Crippen LogP contribution in [-0.2, 0) is 23.0 Å². The highest BCUT2D eigenvalue weighted by atomic mass is 16.5. The van der Waals surface area contributed by atoms with Crippen LogP contribution in [0.15, 0.2) is 12.3 Å². The maximum absolute atomic E-state index is 12.4. The summed E-state index contributed by atoms with van der Waals surface area (Å²) in [6.07, 6.45) is 3.22. The zero-order valence-corrected chi connectivity index (χ0v) is 13.3. The highest BCUT2D eigenvalue weighted by Crippen LogP contribution is 2.49. The Morgan fingerprint density at radius 3 is 2.86 bits per heavy atom. The normalized spacial score (nSPS) is 27.2. The number of hydrogen-bond acceptors (Lipinski definition) is 4. The number of carbonyl (C=O) groups is 1. The molecule has 0 saturated heterocycles. The van der Waals surface area contributed by atoms with Gasteiger partial charge < -0.3 is 15.8 Å². The summed E-state index contributed by atoms with van der Waals surface area (Å²) in [5.41, 5.74) is 6.08. The lowest BCUT2D eigenvalue weighted by molar-refractivity contribution is -0.170. The Morgan fingerprint density at radius 1 is 1.62 bits per heavy atom. The van der Waals surface area contributed by atoms with Crippen molar-refractivity contribution in [3.8, 4) is 0 Å². The number of nitrogens with two attached hydrogens (primary N) is 1. The third-order valence-electron chi connectivity index (χ3n) is 4.67. The molecule has 6 nitrogen and oxygen atoms in total. The summed E-state index contributed by atoms with van der Waals surface area (Å²) in [4.78, 5) is 12.4. The number of nitrogens with zero attached hydrogens (tertiary/aromatic N) is 2. The number of aromatic nitrogens is 2. The molecule has 0 aliphatic heterocycles. The van der Waals surface area contributed by atoms with Crippen molar-refractivity contribution in [2.45, 2.75) is 45.3 Å². The summed E-state index contributed by atoms with van der Waals surface area (Å²) >= 11 is 0. The molecule has 3 N–H and O–H groups in total. The fraction of sp³-hybridized carbons (Fsp3) is 0.733. The minimum absolute atomic E-state index is 0.0500. The molecule has 2 atom stereocenters. The van der Waals surface area contributed by atoms with E-state index in [0.29, 0.717) is 26.0 Å². The molecule has 0 bridgehead atoms. The fourth-order valence-electron chi connectivity index (χ4n) is 2.88. The minimum Gasteiger partial charge on any atom is -0.378 e. The van der Waals surface area contributed by atoms with E-state index in [1.165, 1.54) is 0 Å². The molecular weight excluding hydrogens is 268 g/mol. The Balaban J connectivity index is 1.86. The molecule has 1 fully saturated rings. The summed E-state index contributed by atoms with van der Waals surface area (Å²) in [7, 11) is 1.88. The van der Waals surface area contributed by atoms with Gasteiger partial charge in [-0.15, -0.1) is 0 Å². The first-order valence-corrected chi connectivity index (χ1v) is 7.48. The highest BCUT2D eigenvalue weighted by molar-refractivity contribution is 5.88. The van der Waals surface area contributed by atoms with Crippen LogP contribution in [0, 0.1) is 5.41 Å². The number of carbonyl (C=O) groups excluding carboxylic acids is 1. The number of nitrogens with one attached hydrogen (secondary N) is 1. The van der Waals surface area contributed by atoms with Gasteiger partial charge in [0.2, 0.25) is 5.91 Å². The molecule has 1 amide bonds. The van der Waals surface area contributed by atoms with Gasteiger partial charge >= 0.3 is 0 Å². The number of hydrogen-bond donors (Lipinski definition) is 2. The Labute approximate surface area is 126 Å². The second-order valence-corrected chi connectivity index (χ2v) is 6.33. The first-order valence-electron chi connectivity index (χ1n) is 7.48. The second-order valence-electron chi connectivity index (χ2n) is 6.33. The van der Waals surface area contributed by atoms with Crippen LogP contribution in [-0.4, -0.2) is 40.5 Å². The summed E-state index contributed by atoms with van der Waals surface area (Å²) in [6.45, 7) is 7.14. The van der Waals surface area contributed by atoms with Gasteiger partial charge in [0.1, 0.15) is 5.54 Å². The third kappa shape index (κ3) is 2.82. The fourth-order valence-corrected chi connectivity index (χ4v) is 2.88. The van der Waals surface area contributed by atoms with Gasteiger partial charge in [0.05, 0.1) is 11.8 Å². The molecule has 2 unspecified atom stereocenters. The van der Waals surface area contributed by atoms with Crippen LogP contribution in [0.25, 0.3) is 0 Å². The van der Waals surface area contributed by atoms with Gasteiger partial charge in [0.15, 0.2) is 0 Å². The van der Waals surface area contributed by atoms with Crippen LogP contribution in [0.5, 0.6) is 0 Å². The molecule has 1 aromatic heterocycles. The van der Waals surface area contributed by atoms with Crippen LogP contribution in [0.3, 0.4) is 0 Å². The molecule has 118 valence electrons. The van der Waals surface area contributed by atoms with Crippen molar-refractivity contribution in [1.82, 2.24) is 15.1 Å². The quantitative estimate of drug-likeness (QED) is 0.805. The summed E-state index contributed by atoms with van der Waals surface area (Å²) in [5.74, 6) is -0.0978. The SMILES string of the molecule is CCOC1CC(N)(C(=O)NCCc2ccn(C)n2)C1(C)C. The Bertz CT molecular complexity index is 512. The maximum atomic E-state index is 12.4. The van der Waals surface area contributed by atoms with Crippen molar-refractivity contribution < 1.29 is 9.53 Å². The average Bonchev–Trinajstić information content (AvgIpc) is 2.83. The predicted molar refractivity (Wildman–Crippen MR) is 80.7 cm³/mol. The van der Waals surface area contributed by atoms with E-state index in [-0.39, 0.29) is 17.4 Å². The third-order valence-corrected chi connectivity index (χ3v) is 4.67. The summed E-state index contributed by atoms with van der Waals surface area (Å²) in [6, 6.07) is 1.95. The van der Waals surface area contributed by atoms with Crippen LogP contribution >= 0.6 is 0 Å². The number of rotatable bonds is 6. The lowest BCUT2D eigenvalue weighted by atomic mass is 9.54. The number of aryl methyl sites for hydroxylation is 1. The van der Waals surface area contributed by atoms with E-state index in [4.69, 9.17) is 10.5 Å². The van der Waals surface area contributed by atoms with Gasteiger partial charge in [0, 0.05) is 44.7 Å². The van der Waals surface area contributed by atoms with Gasteiger partial charge in [-0.25, -0.2) is 0 Å². The molecule has 1 aliphatic rings. The molecule has 1 aromatic rings. The van der Waals surface area contributed by atoms with Crippen molar-refractivity contribution in [3.63, 3.8) is 0 Å². The Morgan fingerprint density at radius 2 is 2.33 bits per heavy atom. The van der Waals surface area contributed by atoms with E-state index >= 15 is 0 Å². The minimum atomic E-state index is -0.850. The van der Waals surface area contributed by atoms with Crippen molar-refractivity contribution in [2.75, 3.05) is 13.2 Å². The summed E-state index contributed by atoms with van der Waals surface area (Å²) in [5, 5.41) is 7.22. The number of ether oxygens (including phenoxy) is 1. The zero-order chi connectivity index (χ0) is 15.7. The zero-order valence-electron chi connectivity index (χ0n) is 13.3. The monoisotopic (exact) mass is 294 g/mol. The van der Waals surface area contributed by atoms with Gasteiger partial charge in [0.25, 0.3) is 0 Å². The van der Waals surface area contributed by atoms with Gasteiger partial charge in [-0.05, 0) is 13.0 Å². The van der Waals surface area contributed by atoms with E-state index in [2.05, 4.69) is 10.4 Å². The molecule has 2 rings (SSSR count). The standard InChI is InChI=1S/C15H26N4O2/c1-5-21-12-10-15(16,14(12,2)3)13(20)17-8-6-11-7-9-19(4)18-11/h7,9,12H,5-6,8,10,16H2,1-4H3,(H,17,20). The molecule has 6 heteroatoms. The Kier molecular flexibility index (Phi) is 4.39. The molecule has 0 aromatic carbocycles. The second kappa shape index (κ2) is 5.77. The van der Waals surface area contributed by atoms with Crippen molar-refractivity contribution in [1.29, 1.82) is 0 Å². The van der Waals surface area contributed by atoms with Gasteiger partial charge in [-0.3, -0.25) is 9.48 Å². The van der Waals surface area contributed by atoms with Crippen LogP contribution in [0.1, 0.15) is 32.9 Å². The molecule has 1 heterocycles.